The standard InChI is InChI=1S/C11H16N6S/c1-2-5-17-10(9-12)14-15-11(17)18-8-7-16-6-3-4-13-16/h2-4,6H,1,5,7-9,12H2. The van der Waals surface area contributed by atoms with E-state index in [1.165, 1.54) is 0 Å². The number of hydrogen-bond donors (Lipinski definition) is 1. The zero-order valence-corrected chi connectivity index (χ0v) is 10.9. The van der Waals surface area contributed by atoms with Gasteiger partial charge in [-0.1, -0.05) is 17.8 Å². The number of aromatic nitrogens is 5. The van der Waals surface area contributed by atoms with E-state index in [2.05, 4.69) is 21.9 Å². The first-order chi connectivity index (χ1) is 8.85. The molecule has 18 heavy (non-hydrogen) atoms. The van der Waals surface area contributed by atoms with E-state index < -0.39 is 0 Å². The Bertz CT molecular complexity index is 490. The van der Waals surface area contributed by atoms with E-state index in [0.717, 1.165) is 23.3 Å². The van der Waals surface area contributed by atoms with E-state index in [9.17, 15) is 0 Å². The Labute approximate surface area is 110 Å². The van der Waals surface area contributed by atoms with Crippen molar-refractivity contribution < 1.29 is 0 Å². The monoisotopic (exact) mass is 264 g/mol. The number of nitrogens with zero attached hydrogens (tertiary/aromatic N) is 5. The molecular formula is C11H16N6S. The summed E-state index contributed by atoms with van der Waals surface area (Å²) in [6.07, 6.45) is 5.54. The first-order valence-electron chi connectivity index (χ1n) is 5.68. The fourth-order valence-electron chi connectivity index (χ4n) is 1.55. The van der Waals surface area contributed by atoms with Gasteiger partial charge in [-0.15, -0.1) is 16.8 Å². The van der Waals surface area contributed by atoms with Crippen molar-refractivity contribution in [2.24, 2.45) is 5.73 Å². The molecule has 6 nitrogen and oxygen atoms in total. The van der Waals surface area contributed by atoms with Gasteiger partial charge in [-0.25, -0.2) is 0 Å². The molecule has 0 radical (unpaired) electrons. The molecule has 0 aliphatic heterocycles. The lowest BCUT2D eigenvalue weighted by molar-refractivity contribution is 0.658. The van der Waals surface area contributed by atoms with Gasteiger partial charge < -0.3 is 10.3 Å². The van der Waals surface area contributed by atoms with Gasteiger partial charge in [-0.3, -0.25) is 4.68 Å². The summed E-state index contributed by atoms with van der Waals surface area (Å²) in [5, 5.41) is 13.2. The van der Waals surface area contributed by atoms with Crippen LogP contribution in [0.25, 0.3) is 0 Å². The molecule has 0 spiro atoms. The second-order valence-electron chi connectivity index (χ2n) is 3.62. The Morgan fingerprint density at radius 3 is 3.00 bits per heavy atom. The molecule has 0 saturated carbocycles. The average molecular weight is 264 g/mol. The van der Waals surface area contributed by atoms with Gasteiger partial charge in [0.15, 0.2) is 5.16 Å². The van der Waals surface area contributed by atoms with Crippen LogP contribution in [-0.4, -0.2) is 30.3 Å². The van der Waals surface area contributed by atoms with E-state index in [1.807, 2.05) is 27.6 Å². The second-order valence-corrected chi connectivity index (χ2v) is 4.68. The largest absolute Gasteiger partial charge is 0.324 e. The topological polar surface area (TPSA) is 74.6 Å². The van der Waals surface area contributed by atoms with Crippen molar-refractivity contribution in [1.82, 2.24) is 24.5 Å². The van der Waals surface area contributed by atoms with E-state index in [0.29, 0.717) is 13.1 Å². The highest BCUT2D eigenvalue weighted by atomic mass is 32.2. The van der Waals surface area contributed by atoms with Crippen LogP contribution >= 0.6 is 11.8 Å². The number of allylic oxidation sites excluding steroid dienone is 1. The van der Waals surface area contributed by atoms with Gasteiger partial charge in [-0.2, -0.15) is 5.10 Å². The highest BCUT2D eigenvalue weighted by molar-refractivity contribution is 7.99. The van der Waals surface area contributed by atoms with Crippen LogP contribution < -0.4 is 5.73 Å². The summed E-state index contributed by atoms with van der Waals surface area (Å²) in [7, 11) is 0. The van der Waals surface area contributed by atoms with Gasteiger partial charge in [0, 0.05) is 24.7 Å². The molecule has 0 aliphatic carbocycles. The Hall–Kier alpha value is -1.60. The molecule has 2 N–H and O–H groups in total. The molecule has 96 valence electrons. The van der Waals surface area contributed by atoms with Crippen LogP contribution in [0.15, 0.2) is 36.3 Å². The lowest BCUT2D eigenvalue weighted by Gasteiger charge is -2.06. The molecule has 2 rings (SSSR count). The van der Waals surface area contributed by atoms with Gasteiger partial charge in [-0.05, 0) is 6.07 Å². The fourth-order valence-corrected chi connectivity index (χ4v) is 2.45. The molecule has 0 unspecified atom stereocenters. The zero-order chi connectivity index (χ0) is 12.8. The summed E-state index contributed by atoms with van der Waals surface area (Å²) in [4.78, 5) is 0. The van der Waals surface area contributed by atoms with E-state index in [4.69, 9.17) is 5.73 Å². The van der Waals surface area contributed by atoms with Crippen molar-refractivity contribution in [3.63, 3.8) is 0 Å². The molecular weight excluding hydrogens is 248 g/mol. The number of nitrogens with two attached hydrogens (primary N) is 1. The fraction of sp³-hybridized carbons (Fsp3) is 0.364. The summed E-state index contributed by atoms with van der Waals surface area (Å²) in [6.45, 7) is 5.65. The third kappa shape index (κ3) is 2.99. The van der Waals surface area contributed by atoms with Gasteiger partial charge >= 0.3 is 0 Å². The maximum absolute atomic E-state index is 5.62. The second kappa shape index (κ2) is 6.36. The van der Waals surface area contributed by atoms with E-state index >= 15 is 0 Å². The molecule has 0 amide bonds. The van der Waals surface area contributed by atoms with E-state index in [-0.39, 0.29) is 0 Å². The smallest absolute Gasteiger partial charge is 0.191 e. The van der Waals surface area contributed by atoms with E-state index in [1.54, 1.807) is 18.0 Å². The van der Waals surface area contributed by atoms with Crippen molar-refractivity contribution in [3.8, 4) is 0 Å². The van der Waals surface area contributed by atoms with Crippen molar-refractivity contribution in [1.29, 1.82) is 0 Å². The highest BCUT2D eigenvalue weighted by Crippen LogP contribution is 2.17. The zero-order valence-electron chi connectivity index (χ0n) is 10.1. The normalized spacial score (nSPS) is 10.7. The van der Waals surface area contributed by atoms with Crippen molar-refractivity contribution in [2.75, 3.05) is 5.75 Å². The van der Waals surface area contributed by atoms with Gasteiger partial charge in [0.1, 0.15) is 5.82 Å². The minimum absolute atomic E-state index is 0.389. The first kappa shape index (κ1) is 12.8. The lowest BCUT2D eigenvalue weighted by Crippen LogP contribution is -2.09. The summed E-state index contributed by atoms with van der Waals surface area (Å²) < 4.78 is 3.88. The van der Waals surface area contributed by atoms with Crippen LogP contribution in [0.5, 0.6) is 0 Å². The van der Waals surface area contributed by atoms with Crippen LogP contribution in [-0.2, 0) is 19.6 Å². The van der Waals surface area contributed by atoms with Crippen LogP contribution in [0.1, 0.15) is 5.82 Å². The Morgan fingerprint density at radius 2 is 2.33 bits per heavy atom. The third-order valence-corrected chi connectivity index (χ3v) is 3.35. The Kier molecular flexibility index (Phi) is 4.54. The lowest BCUT2D eigenvalue weighted by atomic mass is 10.5. The quantitative estimate of drug-likeness (QED) is 0.594. The Morgan fingerprint density at radius 1 is 1.44 bits per heavy atom. The summed E-state index contributed by atoms with van der Waals surface area (Å²) >= 11 is 1.65. The number of rotatable bonds is 7. The molecule has 0 aliphatic rings. The molecule has 0 bridgehead atoms. The molecule has 0 atom stereocenters. The maximum atomic E-state index is 5.62. The van der Waals surface area contributed by atoms with Crippen LogP contribution in [0, 0.1) is 0 Å². The first-order valence-corrected chi connectivity index (χ1v) is 6.67. The summed E-state index contributed by atoms with van der Waals surface area (Å²) in [5.74, 6) is 1.68. The highest BCUT2D eigenvalue weighted by Gasteiger charge is 2.09. The number of thioether (sulfide) groups is 1. The molecule has 7 heteroatoms. The summed E-state index contributed by atoms with van der Waals surface area (Å²) in [5.41, 5.74) is 5.62. The predicted molar refractivity (Wildman–Crippen MR) is 71.1 cm³/mol. The molecule has 2 aromatic heterocycles. The number of hydrogen-bond acceptors (Lipinski definition) is 5. The van der Waals surface area contributed by atoms with Crippen LogP contribution in [0.2, 0.25) is 0 Å². The van der Waals surface area contributed by atoms with Crippen LogP contribution in [0.3, 0.4) is 0 Å². The number of aryl methyl sites for hydroxylation is 1. The minimum atomic E-state index is 0.389. The van der Waals surface area contributed by atoms with Crippen LogP contribution in [0.4, 0.5) is 0 Å². The van der Waals surface area contributed by atoms with Gasteiger partial charge in [0.05, 0.1) is 13.1 Å². The molecule has 0 aromatic carbocycles. The van der Waals surface area contributed by atoms with Crippen molar-refractivity contribution in [3.05, 3.63) is 36.9 Å². The molecule has 2 heterocycles. The third-order valence-electron chi connectivity index (χ3n) is 2.40. The Balaban J connectivity index is 1.96. The molecule has 0 saturated heterocycles. The van der Waals surface area contributed by atoms with Gasteiger partial charge in [0.25, 0.3) is 0 Å². The van der Waals surface area contributed by atoms with Gasteiger partial charge in [0.2, 0.25) is 0 Å². The van der Waals surface area contributed by atoms with Crippen molar-refractivity contribution >= 4 is 11.8 Å². The molecule has 0 fully saturated rings. The SMILES string of the molecule is C=CCn1c(CN)nnc1SCCn1cccn1. The maximum Gasteiger partial charge on any atom is 0.191 e. The predicted octanol–water partition coefficient (Wildman–Crippen LogP) is 0.912. The molecule has 2 aromatic rings. The average Bonchev–Trinajstić information content (AvgIpc) is 3.00. The minimum Gasteiger partial charge on any atom is -0.324 e. The van der Waals surface area contributed by atoms with Crippen molar-refractivity contribution in [2.45, 2.75) is 24.8 Å². The summed E-state index contributed by atoms with van der Waals surface area (Å²) in [6, 6.07) is 1.91.